The van der Waals surface area contributed by atoms with E-state index in [1.54, 1.807) is 0 Å². The van der Waals surface area contributed by atoms with Gasteiger partial charge in [0.05, 0.1) is 0 Å². The van der Waals surface area contributed by atoms with Crippen LogP contribution in [0.3, 0.4) is 0 Å². The van der Waals surface area contributed by atoms with Gasteiger partial charge in [0.15, 0.2) is 0 Å². The molecule has 0 amide bonds. The van der Waals surface area contributed by atoms with E-state index in [-0.39, 0.29) is 6.92 Å². The molecule has 0 N–H and O–H groups in total. The van der Waals surface area contributed by atoms with Crippen LogP contribution in [0.2, 0.25) is 0 Å². The minimum Gasteiger partial charge on any atom is -0.269 e. The molecule has 1 nitrogen and oxygen atoms in total. The molecule has 0 bridgehead atoms. The van der Waals surface area contributed by atoms with Crippen molar-refractivity contribution in [2.45, 2.75) is 77.9 Å². The van der Waals surface area contributed by atoms with Crippen molar-refractivity contribution in [1.29, 1.82) is 0 Å². The fraction of sp³-hybridized carbons (Fsp3) is 1.00. The molecular formula is C14H20F10O. The van der Waals surface area contributed by atoms with Crippen molar-refractivity contribution in [3.05, 3.63) is 0 Å². The quantitative estimate of drug-likeness (QED) is 0.463. The van der Waals surface area contributed by atoms with Crippen LogP contribution in [-0.2, 0) is 4.74 Å². The highest BCUT2D eigenvalue weighted by molar-refractivity contribution is 5.04. The number of hydrogen-bond acceptors (Lipinski definition) is 1. The van der Waals surface area contributed by atoms with Gasteiger partial charge in [-0.25, -0.2) is 13.2 Å². The maximum absolute atomic E-state index is 15.0. The van der Waals surface area contributed by atoms with E-state index in [9.17, 15) is 43.9 Å². The second kappa shape index (κ2) is 6.16. The van der Waals surface area contributed by atoms with Gasteiger partial charge >= 0.3 is 18.2 Å². The first-order chi connectivity index (χ1) is 10.4. The van der Waals surface area contributed by atoms with Crippen LogP contribution >= 0.6 is 0 Å². The predicted octanol–water partition coefficient (Wildman–Crippen LogP) is 6.58. The van der Waals surface area contributed by atoms with Crippen molar-refractivity contribution in [2.75, 3.05) is 0 Å². The van der Waals surface area contributed by atoms with Crippen LogP contribution in [0.1, 0.15) is 48.0 Å². The van der Waals surface area contributed by atoms with Crippen LogP contribution in [0.5, 0.6) is 0 Å². The van der Waals surface area contributed by atoms with E-state index >= 15 is 0 Å². The van der Waals surface area contributed by atoms with Crippen molar-refractivity contribution in [1.82, 2.24) is 0 Å². The molecule has 0 fully saturated rings. The SMILES string of the molecule is CC(F)(F)CC(C)(C)C(F)(F)C(F)(OC(F)(F)C(F)(F)F)C(C)(C)C. The summed E-state index contributed by atoms with van der Waals surface area (Å²) >= 11 is 0. The van der Waals surface area contributed by atoms with E-state index in [1.165, 1.54) is 0 Å². The number of rotatable bonds is 6. The van der Waals surface area contributed by atoms with Gasteiger partial charge in [-0.05, 0) is 6.92 Å². The molecule has 0 rings (SSSR count). The zero-order valence-electron chi connectivity index (χ0n) is 14.4. The van der Waals surface area contributed by atoms with Gasteiger partial charge in [-0.15, -0.1) is 0 Å². The van der Waals surface area contributed by atoms with Crippen LogP contribution in [0.25, 0.3) is 0 Å². The third-order valence-corrected chi connectivity index (χ3v) is 3.57. The Morgan fingerprint density at radius 3 is 1.24 bits per heavy atom. The molecule has 1 unspecified atom stereocenters. The molecule has 152 valence electrons. The predicted molar refractivity (Wildman–Crippen MR) is 69.3 cm³/mol. The van der Waals surface area contributed by atoms with Gasteiger partial charge < -0.3 is 0 Å². The summed E-state index contributed by atoms with van der Waals surface area (Å²) in [4.78, 5) is 0. The van der Waals surface area contributed by atoms with E-state index in [1.807, 2.05) is 0 Å². The van der Waals surface area contributed by atoms with Gasteiger partial charge in [0.25, 0.3) is 5.85 Å². The first kappa shape index (κ1) is 24.3. The Bertz CT molecular complexity index is 469. The molecule has 0 aliphatic heterocycles. The Hall–Kier alpha value is -0.740. The first-order valence-corrected chi connectivity index (χ1v) is 7.01. The van der Waals surface area contributed by atoms with Gasteiger partial charge in [-0.2, -0.15) is 30.7 Å². The van der Waals surface area contributed by atoms with E-state index in [4.69, 9.17) is 0 Å². The third kappa shape index (κ3) is 4.71. The molecule has 0 saturated carbocycles. The molecule has 11 heteroatoms. The van der Waals surface area contributed by atoms with Gasteiger partial charge in [-0.3, -0.25) is 4.74 Å². The standard InChI is InChI=1S/C14H20F10O/c1-8(2,3)12(19,25-14(23,24)13(20,21)22)11(17,18)9(4,5)7-10(6,15)16/h7H2,1-6H3. The number of alkyl halides is 10. The lowest BCUT2D eigenvalue weighted by atomic mass is 9.70. The maximum Gasteiger partial charge on any atom is 0.483 e. The van der Waals surface area contributed by atoms with E-state index in [2.05, 4.69) is 4.74 Å². The maximum atomic E-state index is 15.0. The Kier molecular flexibility index (Phi) is 5.98. The van der Waals surface area contributed by atoms with Gasteiger partial charge in [0.1, 0.15) is 0 Å². The van der Waals surface area contributed by atoms with E-state index < -0.39 is 47.2 Å². The summed E-state index contributed by atoms with van der Waals surface area (Å²) in [5.74, 6) is -13.8. The molecule has 0 aromatic heterocycles. The molecule has 0 spiro atoms. The molecule has 0 aromatic rings. The van der Waals surface area contributed by atoms with Crippen molar-refractivity contribution in [3.63, 3.8) is 0 Å². The highest BCUT2D eigenvalue weighted by Gasteiger charge is 2.75. The zero-order chi connectivity index (χ0) is 20.9. The summed E-state index contributed by atoms with van der Waals surface area (Å²) < 4.78 is 137. The van der Waals surface area contributed by atoms with Gasteiger partial charge in [0.2, 0.25) is 5.92 Å². The Labute approximate surface area is 138 Å². The van der Waals surface area contributed by atoms with Crippen LogP contribution in [0.4, 0.5) is 43.9 Å². The summed E-state index contributed by atoms with van der Waals surface area (Å²) in [7, 11) is 0. The highest BCUT2D eigenvalue weighted by atomic mass is 19.4. The lowest BCUT2D eigenvalue weighted by Gasteiger charge is -2.49. The molecule has 0 aliphatic carbocycles. The smallest absolute Gasteiger partial charge is 0.269 e. The summed E-state index contributed by atoms with van der Waals surface area (Å²) in [6.45, 7) is 2.86. The zero-order valence-corrected chi connectivity index (χ0v) is 14.4. The fourth-order valence-corrected chi connectivity index (χ4v) is 2.24. The largest absolute Gasteiger partial charge is 0.483 e. The molecular weight excluding hydrogens is 374 g/mol. The second-order valence-electron chi connectivity index (χ2n) is 7.67. The number of hydrogen-bond donors (Lipinski definition) is 0. The van der Waals surface area contributed by atoms with Crippen LogP contribution in [0, 0.1) is 10.8 Å². The summed E-state index contributed by atoms with van der Waals surface area (Å²) in [5, 5.41) is 0. The first-order valence-electron chi connectivity index (χ1n) is 7.01. The van der Waals surface area contributed by atoms with Crippen LogP contribution in [-0.4, -0.2) is 30.0 Å². The summed E-state index contributed by atoms with van der Waals surface area (Å²) in [5.41, 5.74) is -5.64. The van der Waals surface area contributed by atoms with Crippen molar-refractivity contribution >= 4 is 0 Å². The van der Waals surface area contributed by atoms with Crippen molar-refractivity contribution in [3.8, 4) is 0 Å². The average molecular weight is 394 g/mol. The monoisotopic (exact) mass is 394 g/mol. The molecule has 1 atom stereocenters. The van der Waals surface area contributed by atoms with E-state index in [0.29, 0.717) is 34.6 Å². The summed E-state index contributed by atoms with van der Waals surface area (Å²) in [6.07, 6.45) is -14.4. The third-order valence-electron chi connectivity index (χ3n) is 3.57. The average Bonchev–Trinajstić information content (AvgIpc) is 2.20. The Morgan fingerprint density at radius 2 is 1.00 bits per heavy atom. The normalized spacial score (nSPS) is 18.2. The highest BCUT2D eigenvalue weighted by Crippen LogP contribution is 2.59. The number of ether oxygens (including phenoxy) is 1. The van der Waals surface area contributed by atoms with E-state index in [0.717, 1.165) is 0 Å². The molecule has 0 radical (unpaired) electrons. The molecule has 0 aromatic carbocycles. The van der Waals surface area contributed by atoms with Gasteiger partial charge in [0, 0.05) is 17.3 Å². The van der Waals surface area contributed by atoms with Crippen molar-refractivity contribution in [2.24, 2.45) is 10.8 Å². The Morgan fingerprint density at radius 1 is 0.640 bits per heavy atom. The molecule has 0 heterocycles. The number of halogens is 10. The topological polar surface area (TPSA) is 9.23 Å². The van der Waals surface area contributed by atoms with Crippen molar-refractivity contribution < 1.29 is 48.6 Å². The second-order valence-corrected chi connectivity index (χ2v) is 7.67. The lowest BCUT2D eigenvalue weighted by Crippen LogP contribution is -2.65. The lowest BCUT2D eigenvalue weighted by molar-refractivity contribution is -0.482. The summed E-state index contributed by atoms with van der Waals surface area (Å²) in [6, 6.07) is 0. The molecule has 25 heavy (non-hydrogen) atoms. The Balaban J connectivity index is 6.30. The minimum atomic E-state index is -6.48. The van der Waals surface area contributed by atoms with Crippen LogP contribution in [0.15, 0.2) is 0 Å². The molecule has 0 aliphatic rings. The van der Waals surface area contributed by atoms with Gasteiger partial charge in [-0.1, -0.05) is 34.6 Å². The fourth-order valence-electron chi connectivity index (χ4n) is 2.24. The van der Waals surface area contributed by atoms with Crippen LogP contribution < -0.4 is 0 Å². The minimum absolute atomic E-state index is 0.229. The molecule has 0 saturated heterocycles.